The smallest absolute Gasteiger partial charge is 0.163 e. The number of fused-ring (bicyclic) bond motifs is 1. The molecule has 3 aromatic rings. The average Bonchev–Trinajstić information content (AvgIpc) is 2.79. The fourth-order valence-electron chi connectivity index (χ4n) is 2.68. The summed E-state index contributed by atoms with van der Waals surface area (Å²) < 4.78 is 55.9. The van der Waals surface area contributed by atoms with Gasteiger partial charge in [0.25, 0.3) is 0 Å². The highest BCUT2D eigenvalue weighted by Crippen LogP contribution is 2.35. The van der Waals surface area contributed by atoms with Gasteiger partial charge in [-0.3, -0.25) is 8.42 Å². The van der Waals surface area contributed by atoms with Crippen LogP contribution in [-0.4, -0.2) is 68.1 Å². The quantitative estimate of drug-likeness (QED) is 0.192. The van der Waals surface area contributed by atoms with Crippen LogP contribution in [0.5, 0.6) is 11.5 Å². The molecule has 3 rings (SSSR count). The van der Waals surface area contributed by atoms with Gasteiger partial charge in [0.05, 0.1) is 18.7 Å². The van der Waals surface area contributed by atoms with Gasteiger partial charge in [-0.2, -0.15) is 0 Å². The second-order valence-corrected chi connectivity index (χ2v) is 7.30. The van der Waals surface area contributed by atoms with Gasteiger partial charge in [-0.15, -0.1) is 6.42 Å². The van der Waals surface area contributed by atoms with Crippen molar-refractivity contribution in [2.45, 2.75) is 0 Å². The summed E-state index contributed by atoms with van der Waals surface area (Å²) in [6.07, 6.45) is 6.99. The fourth-order valence-corrected chi connectivity index (χ4v) is 2.68. The Bertz CT molecular complexity index is 1220. The van der Waals surface area contributed by atoms with E-state index in [1.54, 1.807) is 14.2 Å². The molecule has 0 aliphatic rings. The minimum atomic E-state index is -5.17. The molecule has 0 saturated heterocycles. The van der Waals surface area contributed by atoms with Gasteiger partial charge in [0, 0.05) is 47.3 Å². The maximum absolute atomic E-state index is 8.52. The van der Waals surface area contributed by atoms with E-state index in [1.165, 1.54) is 6.33 Å². The van der Waals surface area contributed by atoms with E-state index in [4.69, 9.17) is 42.9 Å². The van der Waals surface area contributed by atoms with Crippen molar-refractivity contribution in [2.24, 2.45) is 0 Å². The highest BCUT2D eigenvalue weighted by molar-refractivity contribution is 7.79. The van der Waals surface area contributed by atoms with Crippen LogP contribution in [-0.2, 0) is 19.9 Å². The summed E-state index contributed by atoms with van der Waals surface area (Å²) >= 11 is 0. The Morgan fingerprint density at radius 2 is 1.59 bits per heavy atom. The van der Waals surface area contributed by atoms with E-state index >= 15 is 0 Å². The van der Waals surface area contributed by atoms with Crippen LogP contribution in [0.25, 0.3) is 10.9 Å². The van der Waals surface area contributed by atoms with Gasteiger partial charge in [0.2, 0.25) is 0 Å². The van der Waals surface area contributed by atoms with E-state index in [-0.39, 0.29) is 0 Å². The fraction of sp³-hybridized carbons (Fsp3) is 0.273. The summed E-state index contributed by atoms with van der Waals surface area (Å²) in [5.41, 5.74) is 2.34. The standard InChI is InChI=1S/C22H23N3O4.H2O4S/c1-4-16-6-5-7-17(12-16)25-22-18-13-20(28-10-8-26-2)21(29-11-9-27-3)14-19(18)23-15-24-22;1-5(2,3)4/h1,5-7,12-15H,8-11H2,2-3H3,(H,23,24,25);(H2,1,2,3,4)/p-2. The van der Waals surface area contributed by atoms with Crippen molar-refractivity contribution < 1.29 is 36.5 Å². The first-order valence-electron chi connectivity index (χ1n) is 9.77. The summed E-state index contributed by atoms with van der Waals surface area (Å²) in [5, 5.41) is 4.10. The van der Waals surface area contributed by atoms with Crippen LogP contribution in [0.15, 0.2) is 42.7 Å². The highest BCUT2D eigenvalue weighted by atomic mass is 32.3. The number of methoxy groups -OCH3 is 2. The lowest BCUT2D eigenvalue weighted by Gasteiger charge is -2.15. The zero-order chi connectivity index (χ0) is 25.0. The Hall–Kier alpha value is -3.47. The second kappa shape index (κ2) is 13.3. The molecule has 0 bridgehead atoms. The molecule has 1 N–H and O–H groups in total. The molecule has 0 fully saturated rings. The summed E-state index contributed by atoms with van der Waals surface area (Å²) in [7, 11) is -1.92. The molecule has 0 atom stereocenters. The predicted molar refractivity (Wildman–Crippen MR) is 122 cm³/mol. The first kappa shape index (κ1) is 26.8. The molecule has 1 aromatic heterocycles. The van der Waals surface area contributed by atoms with Crippen molar-refractivity contribution in [1.29, 1.82) is 0 Å². The van der Waals surface area contributed by atoms with Crippen LogP contribution in [0, 0.1) is 12.3 Å². The van der Waals surface area contributed by atoms with E-state index in [9.17, 15) is 0 Å². The number of nitrogens with zero attached hydrogens (tertiary/aromatic N) is 2. The number of rotatable bonds is 10. The van der Waals surface area contributed by atoms with Crippen molar-refractivity contribution in [3.8, 4) is 23.8 Å². The normalized spacial score (nSPS) is 10.7. The lowest BCUT2D eigenvalue weighted by Crippen LogP contribution is -2.09. The van der Waals surface area contributed by atoms with E-state index in [2.05, 4.69) is 21.2 Å². The van der Waals surface area contributed by atoms with Gasteiger partial charge in [0.15, 0.2) is 11.5 Å². The molecule has 0 unspecified atom stereocenters. The Balaban J connectivity index is 0.000000739. The van der Waals surface area contributed by atoms with E-state index in [0.717, 1.165) is 22.2 Å². The average molecular weight is 490 g/mol. The van der Waals surface area contributed by atoms with Crippen molar-refractivity contribution in [1.82, 2.24) is 9.97 Å². The number of ether oxygens (including phenoxy) is 4. The van der Waals surface area contributed by atoms with E-state index in [0.29, 0.717) is 43.7 Å². The molecule has 182 valence electrons. The van der Waals surface area contributed by atoms with Crippen molar-refractivity contribution >= 4 is 32.8 Å². The third-order valence-corrected chi connectivity index (χ3v) is 4.08. The van der Waals surface area contributed by atoms with Gasteiger partial charge in [0.1, 0.15) is 25.4 Å². The monoisotopic (exact) mass is 489 g/mol. The van der Waals surface area contributed by atoms with Crippen LogP contribution in [0.1, 0.15) is 5.56 Å². The van der Waals surface area contributed by atoms with Crippen molar-refractivity contribution in [3.63, 3.8) is 0 Å². The number of nitrogens with one attached hydrogen (secondary N) is 1. The van der Waals surface area contributed by atoms with Crippen LogP contribution < -0.4 is 14.8 Å². The zero-order valence-electron chi connectivity index (χ0n) is 18.5. The zero-order valence-corrected chi connectivity index (χ0v) is 19.3. The molecule has 1 heterocycles. The van der Waals surface area contributed by atoms with Crippen molar-refractivity contribution in [2.75, 3.05) is 46.0 Å². The Morgan fingerprint density at radius 3 is 2.18 bits per heavy atom. The number of benzene rings is 2. The Kier molecular flexibility index (Phi) is 10.5. The summed E-state index contributed by atoms with van der Waals surface area (Å²) in [5.74, 6) is 4.44. The predicted octanol–water partition coefficient (Wildman–Crippen LogP) is 2.07. The van der Waals surface area contributed by atoms with Gasteiger partial charge in [-0.05, 0) is 24.3 Å². The van der Waals surface area contributed by atoms with E-state index < -0.39 is 10.4 Å². The van der Waals surface area contributed by atoms with Gasteiger partial charge >= 0.3 is 0 Å². The summed E-state index contributed by atoms with van der Waals surface area (Å²) in [6, 6.07) is 11.3. The lowest BCUT2D eigenvalue weighted by atomic mass is 10.2. The maximum atomic E-state index is 8.52. The summed E-state index contributed by atoms with van der Waals surface area (Å²) in [6.45, 7) is 1.73. The molecule has 34 heavy (non-hydrogen) atoms. The van der Waals surface area contributed by atoms with Crippen LogP contribution in [0.4, 0.5) is 11.5 Å². The van der Waals surface area contributed by atoms with Crippen molar-refractivity contribution in [3.05, 3.63) is 48.3 Å². The molecule has 0 amide bonds. The minimum Gasteiger partial charge on any atom is -0.759 e. The third-order valence-electron chi connectivity index (χ3n) is 4.08. The molecule has 0 spiro atoms. The van der Waals surface area contributed by atoms with Crippen LogP contribution >= 0.6 is 0 Å². The molecule has 0 aliphatic heterocycles. The highest BCUT2D eigenvalue weighted by Gasteiger charge is 2.13. The largest absolute Gasteiger partial charge is 0.759 e. The molecule has 11 nitrogen and oxygen atoms in total. The third kappa shape index (κ3) is 9.18. The first-order valence-corrected chi connectivity index (χ1v) is 11.1. The van der Waals surface area contributed by atoms with Gasteiger partial charge < -0.3 is 33.4 Å². The number of hydrogen-bond acceptors (Lipinski definition) is 11. The van der Waals surface area contributed by atoms with Gasteiger partial charge in [-0.25, -0.2) is 9.97 Å². The Labute approximate surface area is 197 Å². The first-order chi connectivity index (χ1) is 16.2. The maximum Gasteiger partial charge on any atom is 0.163 e. The van der Waals surface area contributed by atoms with E-state index in [1.807, 2.05) is 36.4 Å². The molecular weight excluding hydrogens is 466 g/mol. The molecule has 0 aliphatic carbocycles. The second-order valence-electron chi connectivity index (χ2n) is 6.48. The summed E-state index contributed by atoms with van der Waals surface area (Å²) in [4.78, 5) is 8.75. The molecule has 0 radical (unpaired) electrons. The topological polar surface area (TPSA) is 155 Å². The number of anilines is 2. The number of hydrogen-bond donors (Lipinski definition) is 1. The lowest BCUT2D eigenvalue weighted by molar-refractivity contribution is 0.132. The van der Waals surface area contributed by atoms with Crippen LogP contribution in [0.2, 0.25) is 0 Å². The molecular formula is C22H23N3O8S-2. The molecule has 12 heteroatoms. The minimum absolute atomic E-state index is 0.392. The Morgan fingerprint density at radius 1 is 0.971 bits per heavy atom. The number of aromatic nitrogens is 2. The SMILES string of the molecule is C#Cc1cccc(Nc2ncnc3cc(OCCOC)c(OCCOC)cc23)c1.O=S(=O)([O-])[O-]. The van der Waals surface area contributed by atoms with Crippen LogP contribution in [0.3, 0.4) is 0 Å². The molecule has 2 aromatic carbocycles. The van der Waals surface area contributed by atoms with Gasteiger partial charge in [-0.1, -0.05) is 12.0 Å². The molecule has 0 saturated carbocycles. The number of terminal acetylenes is 1.